The van der Waals surface area contributed by atoms with Crippen molar-refractivity contribution in [2.24, 2.45) is 10.4 Å². The predicted molar refractivity (Wildman–Crippen MR) is 101 cm³/mol. The van der Waals surface area contributed by atoms with Crippen LogP contribution in [0.2, 0.25) is 0 Å². The molecule has 0 amide bonds. The Morgan fingerprint density at radius 1 is 1.33 bits per heavy atom. The second-order valence-corrected chi connectivity index (χ2v) is 7.18. The van der Waals surface area contributed by atoms with Crippen molar-refractivity contribution in [3.63, 3.8) is 0 Å². The van der Waals surface area contributed by atoms with Gasteiger partial charge in [-0.2, -0.15) is 0 Å². The molecule has 0 spiro atoms. The molecule has 3 N–H and O–H groups in total. The number of hydrogen-bond donors (Lipinski definition) is 3. The fourth-order valence-corrected chi connectivity index (χ4v) is 2.83. The van der Waals surface area contributed by atoms with Gasteiger partial charge in [0.2, 0.25) is 0 Å². The molecule has 0 aromatic heterocycles. The van der Waals surface area contributed by atoms with Gasteiger partial charge in [-0.3, -0.25) is 4.99 Å². The van der Waals surface area contributed by atoms with Gasteiger partial charge in [-0.25, -0.2) is 0 Å². The Labute approximate surface area is 148 Å². The summed E-state index contributed by atoms with van der Waals surface area (Å²) in [6.07, 6.45) is 4.06. The highest BCUT2D eigenvalue weighted by atomic mass is 16.5. The molecule has 6 heteroatoms. The van der Waals surface area contributed by atoms with Crippen LogP contribution in [0.15, 0.2) is 4.99 Å². The zero-order chi connectivity index (χ0) is 17.8. The Hall–Kier alpha value is -0.850. The molecule has 1 fully saturated rings. The summed E-state index contributed by atoms with van der Waals surface area (Å²) in [7, 11) is 2.17. The molecule has 0 aromatic carbocycles. The van der Waals surface area contributed by atoms with Crippen LogP contribution in [0.3, 0.4) is 0 Å². The van der Waals surface area contributed by atoms with Crippen LogP contribution in [-0.4, -0.2) is 75.1 Å². The van der Waals surface area contributed by atoms with E-state index in [-0.39, 0.29) is 12.0 Å². The van der Waals surface area contributed by atoms with Gasteiger partial charge in [-0.1, -0.05) is 0 Å². The second-order valence-electron chi connectivity index (χ2n) is 7.18. The molecular formula is C18H38N4O2. The summed E-state index contributed by atoms with van der Waals surface area (Å²) in [6, 6.07) is 0.605. The predicted octanol–water partition coefficient (Wildman–Crippen LogP) is 1.45. The van der Waals surface area contributed by atoms with Crippen molar-refractivity contribution in [2.75, 3.05) is 53.0 Å². The third-order valence-corrected chi connectivity index (χ3v) is 4.86. The zero-order valence-electron chi connectivity index (χ0n) is 16.1. The number of nitrogens with zero attached hydrogens (tertiary/aromatic N) is 2. The molecule has 0 saturated carbocycles. The van der Waals surface area contributed by atoms with E-state index < -0.39 is 0 Å². The summed E-state index contributed by atoms with van der Waals surface area (Å²) in [5.74, 6) is 0.874. The summed E-state index contributed by atoms with van der Waals surface area (Å²) >= 11 is 0. The van der Waals surface area contributed by atoms with E-state index in [0.717, 1.165) is 51.5 Å². The molecule has 1 unspecified atom stereocenters. The number of rotatable bonds is 11. The number of guanidine groups is 1. The van der Waals surface area contributed by atoms with Crippen LogP contribution < -0.4 is 10.6 Å². The average molecular weight is 343 g/mol. The van der Waals surface area contributed by atoms with Gasteiger partial charge in [0, 0.05) is 37.8 Å². The smallest absolute Gasteiger partial charge is 0.191 e. The molecule has 142 valence electrons. The lowest BCUT2D eigenvalue weighted by atomic mass is 9.84. The molecule has 0 radical (unpaired) electrons. The van der Waals surface area contributed by atoms with E-state index in [2.05, 4.69) is 43.4 Å². The van der Waals surface area contributed by atoms with Crippen LogP contribution >= 0.6 is 0 Å². The molecule has 24 heavy (non-hydrogen) atoms. The van der Waals surface area contributed by atoms with Gasteiger partial charge >= 0.3 is 0 Å². The molecule has 1 atom stereocenters. The molecule has 1 saturated heterocycles. The van der Waals surface area contributed by atoms with Gasteiger partial charge in [0.05, 0.1) is 13.2 Å². The number of aliphatic imine (C=N–C) groups is 1. The summed E-state index contributed by atoms with van der Waals surface area (Å²) in [5, 5.41) is 16.0. The zero-order valence-corrected chi connectivity index (χ0v) is 16.1. The quantitative estimate of drug-likeness (QED) is 0.301. The lowest BCUT2D eigenvalue weighted by molar-refractivity contribution is 0.131. The summed E-state index contributed by atoms with van der Waals surface area (Å²) in [5.41, 5.74) is 0.0110. The molecule has 6 nitrogen and oxygen atoms in total. The summed E-state index contributed by atoms with van der Waals surface area (Å²) < 4.78 is 5.53. The van der Waals surface area contributed by atoms with Gasteiger partial charge in [0.1, 0.15) is 0 Å². The van der Waals surface area contributed by atoms with Gasteiger partial charge in [-0.05, 0) is 60.0 Å². The topological polar surface area (TPSA) is 69.1 Å². The number of unbranched alkanes of at least 4 members (excludes halogenated alkanes) is 1. The number of aliphatic hydroxyl groups is 1. The Morgan fingerprint density at radius 2 is 2.12 bits per heavy atom. The highest BCUT2D eigenvalue weighted by molar-refractivity contribution is 5.79. The van der Waals surface area contributed by atoms with Crippen LogP contribution in [0.25, 0.3) is 0 Å². The Kier molecular flexibility index (Phi) is 10.3. The maximum Gasteiger partial charge on any atom is 0.191 e. The second kappa shape index (κ2) is 11.7. The fraction of sp³-hybridized carbons (Fsp3) is 0.944. The van der Waals surface area contributed by atoms with Gasteiger partial charge in [0.25, 0.3) is 0 Å². The van der Waals surface area contributed by atoms with E-state index in [1.165, 1.54) is 6.42 Å². The van der Waals surface area contributed by atoms with E-state index in [1.807, 2.05) is 0 Å². The first kappa shape index (κ1) is 21.2. The summed E-state index contributed by atoms with van der Waals surface area (Å²) in [4.78, 5) is 7.11. The highest BCUT2D eigenvalue weighted by Gasteiger charge is 2.34. The highest BCUT2D eigenvalue weighted by Crippen LogP contribution is 2.32. The molecule has 1 heterocycles. The molecule has 1 aliphatic heterocycles. The maximum absolute atomic E-state index is 9.31. The lowest BCUT2D eigenvalue weighted by Crippen LogP contribution is -2.39. The number of nitrogens with one attached hydrogen (secondary N) is 2. The van der Waals surface area contributed by atoms with Crippen molar-refractivity contribution >= 4 is 5.96 Å². The Balaban J connectivity index is 2.36. The normalized spacial score (nSPS) is 21.7. The standard InChI is InChI=1S/C18H38N4O2/c1-5-19-17(20-10-6-7-11-22(4)16(2)3)21-14-18(8-12-23)9-13-24-15-18/h16,23H,5-15H2,1-4H3,(H2,19,20,21). The van der Waals surface area contributed by atoms with Crippen LogP contribution in [0.4, 0.5) is 0 Å². The number of hydrogen-bond acceptors (Lipinski definition) is 4. The molecule has 0 bridgehead atoms. The van der Waals surface area contributed by atoms with E-state index in [1.54, 1.807) is 0 Å². The van der Waals surface area contributed by atoms with E-state index in [9.17, 15) is 5.11 Å². The Morgan fingerprint density at radius 3 is 2.71 bits per heavy atom. The summed E-state index contributed by atoms with van der Waals surface area (Å²) in [6.45, 7) is 11.8. The van der Waals surface area contributed by atoms with Crippen LogP contribution in [0, 0.1) is 5.41 Å². The molecule has 1 aliphatic rings. The minimum absolute atomic E-state index is 0.0110. The average Bonchev–Trinajstić information content (AvgIpc) is 3.01. The number of aliphatic hydroxyl groups excluding tert-OH is 1. The first-order chi connectivity index (χ1) is 11.5. The first-order valence-corrected chi connectivity index (χ1v) is 9.44. The third-order valence-electron chi connectivity index (χ3n) is 4.86. The fourth-order valence-electron chi connectivity index (χ4n) is 2.83. The molecule has 0 aliphatic carbocycles. The largest absolute Gasteiger partial charge is 0.396 e. The first-order valence-electron chi connectivity index (χ1n) is 9.44. The van der Waals surface area contributed by atoms with Crippen LogP contribution in [0.1, 0.15) is 46.5 Å². The molecule has 1 rings (SSSR count). The van der Waals surface area contributed by atoms with Crippen molar-refractivity contribution in [3.8, 4) is 0 Å². The van der Waals surface area contributed by atoms with Crippen molar-refractivity contribution in [3.05, 3.63) is 0 Å². The van der Waals surface area contributed by atoms with Crippen molar-refractivity contribution in [1.29, 1.82) is 0 Å². The van der Waals surface area contributed by atoms with Crippen molar-refractivity contribution in [2.45, 2.75) is 52.5 Å². The lowest BCUT2D eigenvalue weighted by Gasteiger charge is -2.25. The van der Waals surface area contributed by atoms with Gasteiger partial charge < -0.3 is 25.4 Å². The molecular weight excluding hydrogens is 304 g/mol. The monoisotopic (exact) mass is 342 g/mol. The third kappa shape index (κ3) is 7.81. The van der Waals surface area contributed by atoms with Gasteiger partial charge in [-0.15, -0.1) is 0 Å². The minimum Gasteiger partial charge on any atom is -0.396 e. The van der Waals surface area contributed by atoms with E-state index in [0.29, 0.717) is 19.2 Å². The van der Waals surface area contributed by atoms with E-state index in [4.69, 9.17) is 9.73 Å². The number of ether oxygens (including phenoxy) is 1. The Bertz CT molecular complexity index is 355. The van der Waals surface area contributed by atoms with Crippen molar-refractivity contribution < 1.29 is 9.84 Å². The SMILES string of the molecule is CCNC(=NCC1(CCO)CCOC1)NCCCCN(C)C(C)C. The molecule has 0 aromatic rings. The van der Waals surface area contributed by atoms with Crippen LogP contribution in [0.5, 0.6) is 0 Å². The maximum atomic E-state index is 9.31. The van der Waals surface area contributed by atoms with Crippen LogP contribution in [-0.2, 0) is 4.74 Å². The minimum atomic E-state index is 0.0110. The van der Waals surface area contributed by atoms with Gasteiger partial charge in [0.15, 0.2) is 5.96 Å². The van der Waals surface area contributed by atoms with Crippen molar-refractivity contribution in [1.82, 2.24) is 15.5 Å². The van der Waals surface area contributed by atoms with E-state index >= 15 is 0 Å².